The molecule has 21 heavy (non-hydrogen) atoms. The maximum atomic E-state index is 6.06. The van der Waals surface area contributed by atoms with Crippen molar-refractivity contribution in [3.63, 3.8) is 0 Å². The summed E-state index contributed by atoms with van der Waals surface area (Å²) in [4.78, 5) is 0. The number of halogens is 1. The Balaban J connectivity index is 1.93. The third-order valence-corrected chi connectivity index (χ3v) is 5.47. The van der Waals surface area contributed by atoms with Crippen molar-refractivity contribution >= 4 is 19.7 Å². The molecule has 0 radical (unpaired) electrons. The standard InChI is InChI=1S/C16H23ClN2OSi/c1-13-9-14(5-6-16(13)17)15-10-18-19(11-15)12-20-7-8-21(2,3)4/h5-6,9-11H,7-8,12H2,1-4H3. The van der Waals surface area contributed by atoms with E-state index < -0.39 is 8.07 Å². The summed E-state index contributed by atoms with van der Waals surface area (Å²) in [6.07, 6.45) is 3.88. The first-order valence-corrected chi connectivity index (χ1v) is 11.3. The summed E-state index contributed by atoms with van der Waals surface area (Å²) < 4.78 is 7.54. The topological polar surface area (TPSA) is 27.1 Å². The minimum Gasteiger partial charge on any atom is -0.360 e. The van der Waals surface area contributed by atoms with E-state index in [1.165, 1.54) is 6.04 Å². The van der Waals surface area contributed by atoms with Gasteiger partial charge in [0.25, 0.3) is 0 Å². The van der Waals surface area contributed by atoms with Gasteiger partial charge in [0.15, 0.2) is 0 Å². The minimum absolute atomic E-state index is 0.511. The van der Waals surface area contributed by atoms with Crippen molar-refractivity contribution < 1.29 is 4.74 Å². The fourth-order valence-electron chi connectivity index (χ4n) is 1.94. The zero-order chi connectivity index (χ0) is 15.5. The highest BCUT2D eigenvalue weighted by Crippen LogP contribution is 2.24. The molecule has 0 saturated heterocycles. The molecule has 0 bridgehead atoms. The Kier molecular flexibility index (Phi) is 5.25. The molecule has 1 heterocycles. The highest BCUT2D eigenvalue weighted by Gasteiger charge is 2.12. The van der Waals surface area contributed by atoms with Gasteiger partial charge in [-0.15, -0.1) is 0 Å². The van der Waals surface area contributed by atoms with Crippen LogP contribution >= 0.6 is 11.6 Å². The first-order chi connectivity index (χ1) is 9.85. The van der Waals surface area contributed by atoms with Crippen molar-refractivity contribution in [2.24, 2.45) is 0 Å². The lowest BCUT2D eigenvalue weighted by Gasteiger charge is -2.15. The second-order valence-electron chi connectivity index (χ2n) is 6.58. The summed E-state index contributed by atoms with van der Waals surface area (Å²) in [6.45, 7) is 10.4. The van der Waals surface area contributed by atoms with Crippen LogP contribution in [0, 0.1) is 6.92 Å². The van der Waals surface area contributed by atoms with Gasteiger partial charge in [-0.2, -0.15) is 5.10 Å². The second-order valence-corrected chi connectivity index (χ2v) is 12.6. The van der Waals surface area contributed by atoms with Crippen LogP contribution in [0.4, 0.5) is 0 Å². The van der Waals surface area contributed by atoms with E-state index in [0.29, 0.717) is 6.73 Å². The predicted octanol–water partition coefficient (Wildman–Crippen LogP) is 4.82. The van der Waals surface area contributed by atoms with Gasteiger partial charge in [-0.05, 0) is 36.2 Å². The summed E-state index contributed by atoms with van der Waals surface area (Å²) in [7, 11) is -1.02. The van der Waals surface area contributed by atoms with E-state index in [9.17, 15) is 0 Å². The Morgan fingerprint density at radius 2 is 2.00 bits per heavy atom. The summed E-state index contributed by atoms with van der Waals surface area (Å²) in [5.74, 6) is 0. The molecule has 0 unspecified atom stereocenters. The molecule has 1 aromatic heterocycles. The monoisotopic (exact) mass is 322 g/mol. The molecule has 114 valence electrons. The smallest absolute Gasteiger partial charge is 0.139 e. The Morgan fingerprint density at radius 3 is 2.67 bits per heavy atom. The Morgan fingerprint density at radius 1 is 1.24 bits per heavy atom. The minimum atomic E-state index is -1.02. The SMILES string of the molecule is Cc1cc(-c2cnn(COCC[Si](C)(C)C)c2)ccc1Cl. The molecule has 0 N–H and O–H groups in total. The molecule has 0 saturated carbocycles. The maximum Gasteiger partial charge on any atom is 0.139 e. The van der Waals surface area contributed by atoms with Gasteiger partial charge in [0.1, 0.15) is 6.73 Å². The number of hydrogen-bond acceptors (Lipinski definition) is 2. The Hall–Kier alpha value is -1.10. The lowest BCUT2D eigenvalue weighted by molar-refractivity contribution is 0.0786. The van der Waals surface area contributed by atoms with Crippen LogP contribution < -0.4 is 0 Å². The molecule has 0 aliphatic heterocycles. The molecule has 0 spiro atoms. The van der Waals surface area contributed by atoms with Gasteiger partial charge in [-0.1, -0.05) is 37.3 Å². The molecule has 1 aromatic carbocycles. The predicted molar refractivity (Wildman–Crippen MR) is 91.5 cm³/mol. The molecule has 2 aromatic rings. The Bertz CT molecular complexity index is 605. The van der Waals surface area contributed by atoms with Gasteiger partial charge in [-0.25, -0.2) is 4.68 Å². The lowest BCUT2D eigenvalue weighted by Crippen LogP contribution is -2.22. The molecule has 2 rings (SSSR count). The van der Waals surface area contributed by atoms with Crippen molar-refractivity contribution in [1.82, 2.24) is 9.78 Å². The number of hydrogen-bond donors (Lipinski definition) is 0. The van der Waals surface area contributed by atoms with Crippen LogP contribution in [0.5, 0.6) is 0 Å². The fourth-order valence-corrected chi connectivity index (χ4v) is 2.82. The van der Waals surface area contributed by atoms with Gasteiger partial charge in [0, 0.05) is 31.5 Å². The number of benzene rings is 1. The van der Waals surface area contributed by atoms with E-state index in [2.05, 4.69) is 30.8 Å². The lowest BCUT2D eigenvalue weighted by atomic mass is 10.1. The van der Waals surface area contributed by atoms with Crippen LogP contribution in [0.3, 0.4) is 0 Å². The highest BCUT2D eigenvalue weighted by atomic mass is 35.5. The molecule has 0 aliphatic rings. The van der Waals surface area contributed by atoms with Crippen molar-refractivity contribution in [1.29, 1.82) is 0 Å². The highest BCUT2D eigenvalue weighted by molar-refractivity contribution is 6.76. The molecule has 0 fully saturated rings. The zero-order valence-electron chi connectivity index (χ0n) is 13.2. The zero-order valence-corrected chi connectivity index (χ0v) is 14.9. The molecule has 0 aliphatic carbocycles. The summed E-state index contributed by atoms with van der Waals surface area (Å²) in [5.41, 5.74) is 3.29. The molecular weight excluding hydrogens is 300 g/mol. The Labute approximate surface area is 132 Å². The van der Waals surface area contributed by atoms with E-state index in [4.69, 9.17) is 16.3 Å². The number of rotatable bonds is 6. The third-order valence-electron chi connectivity index (χ3n) is 3.34. The van der Waals surface area contributed by atoms with E-state index in [1.807, 2.05) is 36.1 Å². The summed E-state index contributed by atoms with van der Waals surface area (Å²) in [5, 5.41) is 5.14. The maximum absolute atomic E-state index is 6.06. The summed E-state index contributed by atoms with van der Waals surface area (Å²) >= 11 is 6.06. The summed E-state index contributed by atoms with van der Waals surface area (Å²) in [6, 6.07) is 7.20. The van der Waals surface area contributed by atoms with Gasteiger partial charge in [0.2, 0.25) is 0 Å². The number of aryl methyl sites for hydroxylation is 1. The molecule has 0 amide bonds. The molecule has 3 nitrogen and oxygen atoms in total. The van der Waals surface area contributed by atoms with Crippen LogP contribution in [0.25, 0.3) is 11.1 Å². The van der Waals surface area contributed by atoms with Gasteiger partial charge in [0.05, 0.1) is 6.20 Å². The second kappa shape index (κ2) is 6.77. The van der Waals surface area contributed by atoms with Crippen LogP contribution in [-0.2, 0) is 11.5 Å². The number of nitrogens with zero attached hydrogens (tertiary/aromatic N) is 2. The van der Waals surface area contributed by atoms with E-state index >= 15 is 0 Å². The van der Waals surface area contributed by atoms with E-state index in [1.54, 1.807) is 0 Å². The van der Waals surface area contributed by atoms with Crippen molar-refractivity contribution in [2.75, 3.05) is 6.61 Å². The third kappa shape index (κ3) is 4.99. The fraction of sp³-hybridized carbons (Fsp3) is 0.438. The molecule has 0 atom stereocenters. The first kappa shape index (κ1) is 16.3. The normalized spacial score (nSPS) is 11.9. The average Bonchev–Trinajstić information content (AvgIpc) is 2.86. The van der Waals surface area contributed by atoms with E-state index in [0.717, 1.165) is 28.3 Å². The van der Waals surface area contributed by atoms with Crippen molar-refractivity contribution in [3.05, 3.63) is 41.2 Å². The van der Waals surface area contributed by atoms with Crippen LogP contribution in [0.2, 0.25) is 30.7 Å². The van der Waals surface area contributed by atoms with Crippen LogP contribution in [0.1, 0.15) is 5.56 Å². The number of aromatic nitrogens is 2. The number of ether oxygens (including phenoxy) is 1. The van der Waals surface area contributed by atoms with Gasteiger partial charge < -0.3 is 4.74 Å². The van der Waals surface area contributed by atoms with Gasteiger partial charge in [-0.3, -0.25) is 0 Å². The quantitative estimate of drug-likeness (QED) is 0.563. The van der Waals surface area contributed by atoms with Crippen LogP contribution in [-0.4, -0.2) is 24.5 Å². The van der Waals surface area contributed by atoms with E-state index in [-0.39, 0.29) is 0 Å². The largest absolute Gasteiger partial charge is 0.360 e. The first-order valence-electron chi connectivity index (χ1n) is 7.22. The average molecular weight is 323 g/mol. The van der Waals surface area contributed by atoms with Gasteiger partial charge >= 0.3 is 0 Å². The van der Waals surface area contributed by atoms with Crippen molar-refractivity contribution in [2.45, 2.75) is 39.3 Å². The van der Waals surface area contributed by atoms with Crippen molar-refractivity contribution in [3.8, 4) is 11.1 Å². The molecular formula is C16H23ClN2OSi. The molecule has 5 heteroatoms. The van der Waals surface area contributed by atoms with Crippen LogP contribution in [0.15, 0.2) is 30.6 Å².